The number of nitrogens with one attached hydrogen (secondary N) is 1. The van der Waals surface area contributed by atoms with Crippen molar-refractivity contribution in [2.45, 2.75) is 38.3 Å². The summed E-state index contributed by atoms with van der Waals surface area (Å²) in [6.07, 6.45) is 3.78. The molecular weight excluding hydrogens is 317 g/mol. The third-order valence-electron chi connectivity index (χ3n) is 3.66. The highest BCUT2D eigenvalue weighted by Gasteiger charge is 2.26. The molecule has 1 aromatic rings. The lowest BCUT2D eigenvalue weighted by atomic mass is 10.1. The van der Waals surface area contributed by atoms with Crippen LogP contribution in [-0.2, 0) is 16.3 Å². The van der Waals surface area contributed by atoms with Gasteiger partial charge in [0.05, 0.1) is 5.75 Å². The van der Waals surface area contributed by atoms with Crippen LogP contribution >= 0.6 is 23.2 Å². The SMILES string of the molecule is C[C@H](CCS(C)(=O)=O)N[C@@H]1CCc2c(Cl)cc(Cl)cc21. The molecule has 2 rings (SSSR count). The molecule has 0 saturated heterocycles. The maximum atomic E-state index is 11.2. The van der Waals surface area contributed by atoms with Gasteiger partial charge in [-0.3, -0.25) is 0 Å². The van der Waals surface area contributed by atoms with Crippen molar-refractivity contribution in [2.24, 2.45) is 0 Å². The molecule has 0 unspecified atom stereocenters. The summed E-state index contributed by atoms with van der Waals surface area (Å²) in [7, 11) is -2.91. The summed E-state index contributed by atoms with van der Waals surface area (Å²) in [5, 5.41) is 4.85. The van der Waals surface area contributed by atoms with E-state index in [0.29, 0.717) is 11.4 Å². The number of hydrogen-bond acceptors (Lipinski definition) is 3. The zero-order chi connectivity index (χ0) is 14.9. The molecule has 2 atom stereocenters. The Morgan fingerprint density at radius 2 is 2.10 bits per heavy atom. The summed E-state index contributed by atoms with van der Waals surface area (Å²) in [5.74, 6) is 0.205. The molecule has 1 N–H and O–H groups in total. The largest absolute Gasteiger partial charge is 0.307 e. The molecule has 6 heteroatoms. The Bertz CT molecular complexity index is 601. The minimum atomic E-state index is -2.91. The van der Waals surface area contributed by atoms with Gasteiger partial charge in [0.25, 0.3) is 0 Å². The van der Waals surface area contributed by atoms with E-state index in [2.05, 4.69) is 5.32 Å². The van der Waals surface area contributed by atoms with Crippen molar-refractivity contribution in [3.05, 3.63) is 33.3 Å². The molecule has 20 heavy (non-hydrogen) atoms. The molecule has 1 aliphatic rings. The van der Waals surface area contributed by atoms with Crippen LogP contribution in [-0.4, -0.2) is 26.5 Å². The second kappa shape index (κ2) is 6.22. The van der Waals surface area contributed by atoms with Gasteiger partial charge < -0.3 is 5.32 Å². The zero-order valence-electron chi connectivity index (χ0n) is 11.6. The van der Waals surface area contributed by atoms with Gasteiger partial charge in [-0.2, -0.15) is 0 Å². The fraction of sp³-hybridized carbons (Fsp3) is 0.571. The Balaban J connectivity index is 2.04. The maximum Gasteiger partial charge on any atom is 0.147 e. The minimum absolute atomic E-state index is 0.137. The molecular formula is C14H19Cl2NO2S. The minimum Gasteiger partial charge on any atom is -0.307 e. The highest BCUT2D eigenvalue weighted by Crippen LogP contribution is 2.38. The van der Waals surface area contributed by atoms with Gasteiger partial charge in [0, 0.05) is 28.4 Å². The van der Waals surface area contributed by atoms with Gasteiger partial charge in [-0.15, -0.1) is 0 Å². The first kappa shape index (κ1) is 16.1. The van der Waals surface area contributed by atoms with Crippen molar-refractivity contribution >= 4 is 33.0 Å². The fourth-order valence-corrected chi connectivity index (χ4v) is 4.02. The van der Waals surface area contributed by atoms with E-state index in [4.69, 9.17) is 23.2 Å². The molecule has 0 amide bonds. The first-order valence-electron chi connectivity index (χ1n) is 6.68. The molecule has 0 fully saturated rings. The van der Waals surface area contributed by atoms with Crippen LogP contribution in [0.15, 0.2) is 12.1 Å². The van der Waals surface area contributed by atoms with E-state index in [0.717, 1.165) is 29.0 Å². The van der Waals surface area contributed by atoms with Crippen molar-refractivity contribution in [2.75, 3.05) is 12.0 Å². The molecule has 1 aromatic carbocycles. The topological polar surface area (TPSA) is 46.2 Å². The average Bonchev–Trinajstić information content (AvgIpc) is 2.69. The molecule has 0 bridgehead atoms. The summed E-state index contributed by atoms with van der Waals surface area (Å²) in [6.45, 7) is 2.01. The van der Waals surface area contributed by atoms with Gasteiger partial charge in [0.1, 0.15) is 9.84 Å². The number of hydrogen-bond donors (Lipinski definition) is 1. The molecule has 0 heterocycles. The highest BCUT2D eigenvalue weighted by atomic mass is 35.5. The Labute approximate surface area is 130 Å². The molecule has 1 aliphatic carbocycles. The summed E-state index contributed by atoms with van der Waals surface area (Å²) in [6, 6.07) is 4.07. The Morgan fingerprint density at radius 3 is 2.75 bits per heavy atom. The predicted molar refractivity (Wildman–Crippen MR) is 84.4 cm³/mol. The second-order valence-electron chi connectivity index (χ2n) is 5.53. The molecule has 0 aromatic heterocycles. The molecule has 112 valence electrons. The standard InChI is InChI=1S/C14H19Cl2NO2S/c1-9(5-6-20(2,18)19)17-14-4-3-11-12(14)7-10(15)8-13(11)16/h7-9,14,17H,3-6H2,1-2H3/t9-,14-/m1/s1. The van der Waals surface area contributed by atoms with E-state index >= 15 is 0 Å². The van der Waals surface area contributed by atoms with Gasteiger partial charge in [0.2, 0.25) is 0 Å². The van der Waals surface area contributed by atoms with E-state index in [-0.39, 0.29) is 17.8 Å². The van der Waals surface area contributed by atoms with Crippen LogP contribution in [0.1, 0.15) is 36.9 Å². The predicted octanol–water partition coefficient (Wildman–Crippen LogP) is 3.39. The number of rotatable bonds is 5. The first-order valence-corrected chi connectivity index (χ1v) is 9.49. The van der Waals surface area contributed by atoms with Gasteiger partial charge in [0.15, 0.2) is 0 Å². The lowest BCUT2D eigenvalue weighted by molar-refractivity contribution is 0.444. The molecule has 0 saturated carbocycles. The molecule has 0 radical (unpaired) electrons. The quantitative estimate of drug-likeness (QED) is 0.896. The monoisotopic (exact) mass is 335 g/mol. The molecule has 0 spiro atoms. The first-order chi connectivity index (χ1) is 9.26. The van der Waals surface area contributed by atoms with Crippen molar-refractivity contribution < 1.29 is 8.42 Å². The number of fused-ring (bicyclic) bond motifs is 1. The second-order valence-corrected chi connectivity index (χ2v) is 8.64. The van der Waals surface area contributed by atoms with Crippen LogP contribution in [0.5, 0.6) is 0 Å². The highest BCUT2D eigenvalue weighted by molar-refractivity contribution is 7.90. The van der Waals surface area contributed by atoms with E-state index in [1.165, 1.54) is 6.26 Å². The van der Waals surface area contributed by atoms with E-state index in [1.807, 2.05) is 13.0 Å². The van der Waals surface area contributed by atoms with Crippen LogP contribution < -0.4 is 5.32 Å². The summed E-state index contributed by atoms with van der Waals surface area (Å²) >= 11 is 12.3. The average molecular weight is 336 g/mol. The van der Waals surface area contributed by atoms with Crippen LogP contribution in [0.3, 0.4) is 0 Å². The van der Waals surface area contributed by atoms with Crippen LogP contribution in [0, 0.1) is 0 Å². The fourth-order valence-electron chi connectivity index (χ4n) is 2.63. The Kier molecular flexibility index (Phi) is 5.00. The summed E-state index contributed by atoms with van der Waals surface area (Å²) in [5.41, 5.74) is 2.30. The summed E-state index contributed by atoms with van der Waals surface area (Å²) < 4.78 is 22.4. The molecule has 0 aliphatic heterocycles. The van der Waals surface area contributed by atoms with Gasteiger partial charge >= 0.3 is 0 Å². The normalized spacial score (nSPS) is 19.9. The van der Waals surface area contributed by atoms with Crippen molar-refractivity contribution in [1.82, 2.24) is 5.32 Å². The Hall–Kier alpha value is -0.290. The maximum absolute atomic E-state index is 11.2. The van der Waals surface area contributed by atoms with E-state index in [9.17, 15) is 8.42 Å². The van der Waals surface area contributed by atoms with Crippen LogP contribution in [0.25, 0.3) is 0 Å². The van der Waals surface area contributed by atoms with Crippen LogP contribution in [0.4, 0.5) is 0 Å². The smallest absolute Gasteiger partial charge is 0.147 e. The third kappa shape index (κ3) is 4.10. The van der Waals surface area contributed by atoms with E-state index in [1.54, 1.807) is 6.07 Å². The molecule has 3 nitrogen and oxygen atoms in total. The van der Waals surface area contributed by atoms with Gasteiger partial charge in [-0.05, 0) is 49.4 Å². The Morgan fingerprint density at radius 1 is 1.40 bits per heavy atom. The van der Waals surface area contributed by atoms with Crippen LogP contribution in [0.2, 0.25) is 10.0 Å². The number of benzene rings is 1. The van der Waals surface area contributed by atoms with Gasteiger partial charge in [-0.1, -0.05) is 23.2 Å². The van der Waals surface area contributed by atoms with Crippen molar-refractivity contribution in [3.8, 4) is 0 Å². The lowest BCUT2D eigenvalue weighted by Crippen LogP contribution is -2.31. The van der Waals surface area contributed by atoms with E-state index < -0.39 is 9.84 Å². The van der Waals surface area contributed by atoms with Crippen molar-refractivity contribution in [3.63, 3.8) is 0 Å². The lowest BCUT2D eigenvalue weighted by Gasteiger charge is -2.20. The summed E-state index contributed by atoms with van der Waals surface area (Å²) in [4.78, 5) is 0. The third-order valence-corrected chi connectivity index (χ3v) is 5.19. The number of sulfone groups is 1. The zero-order valence-corrected chi connectivity index (χ0v) is 13.9. The van der Waals surface area contributed by atoms with Gasteiger partial charge in [-0.25, -0.2) is 8.42 Å². The number of halogens is 2. The van der Waals surface area contributed by atoms with Crippen molar-refractivity contribution in [1.29, 1.82) is 0 Å².